The molecule has 0 unspecified atom stereocenters. The maximum Gasteiger partial charge on any atom is 0.262 e. The van der Waals surface area contributed by atoms with Crippen LogP contribution in [0.1, 0.15) is 18.1 Å². The van der Waals surface area contributed by atoms with E-state index in [9.17, 15) is 4.79 Å². The number of hydrogen-bond donors (Lipinski definition) is 3. The molecular weight excluding hydrogens is 458 g/mol. The second-order valence-corrected chi connectivity index (χ2v) is 7.69. The van der Waals surface area contributed by atoms with Crippen LogP contribution >= 0.6 is 15.9 Å². The van der Waals surface area contributed by atoms with E-state index in [1.165, 1.54) is 0 Å². The smallest absolute Gasteiger partial charge is 0.262 e. The van der Waals surface area contributed by atoms with Crippen molar-refractivity contribution in [3.05, 3.63) is 82.3 Å². The lowest BCUT2D eigenvalue weighted by Crippen LogP contribution is -2.22. The number of amides is 1. The first kappa shape index (κ1) is 22.7. The predicted octanol–water partition coefficient (Wildman–Crippen LogP) is 5.29. The van der Waals surface area contributed by atoms with E-state index in [4.69, 9.17) is 9.47 Å². The first-order valence-corrected chi connectivity index (χ1v) is 10.8. The third-order valence-electron chi connectivity index (χ3n) is 4.43. The summed E-state index contributed by atoms with van der Waals surface area (Å²) in [5, 5.41) is 2.87. The minimum absolute atomic E-state index is 0.125. The van der Waals surface area contributed by atoms with Crippen LogP contribution in [0.2, 0.25) is 0 Å². The van der Waals surface area contributed by atoms with Gasteiger partial charge < -0.3 is 20.2 Å². The number of carbonyl (C=O) groups is 1. The minimum Gasteiger partial charge on any atom is -0.490 e. The highest BCUT2D eigenvalue weighted by Gasteiger charge is 2.14. The number of ether oxygens (including phenoxy) is 2. The summed E-state index contributed by atoms with van der Waals surface area (Å²) < 4.78 is 12.3. The van der Waals surface area contributed by atoms with Crippen LogP contribution in [0.25, 0.3) is 0 Å². The molecule has 0 spiro atoms. The Morgan fingerprint density at radius 3 is 2.48 bits per heavy atom. The van der Waals surface area contributed by atoms with E-state index in [0.29, 0.717) is 24.7 Å². The highest BCUT2D eigenvalue weighted by molar-refractivity contribution is 9.10. The van der Waals surface area contributed by atoms with Crippen molar-refractivity contribution in [3.63, 3.8) is 0 Å². The number of para-hydroxylation sites is 2. The van der Waals surface area contributed by atoms with E-state index in [1.54, 1.807) is 0 Å². The van der Waals surface area contributed by atoms with Gasteiger partial charge in [0.2, 0.25) is 0 Å². The Hall–Kier alpha value is -3.03. The van der Waals surface area contributed by atoms with Crippen molar-refractivity contribution in [2.75, 3.05) is 24.0 Å². The summed E-state index contributed by atoms with van der Waals surface area (Å²) in [6.07, 6.45) is 0. The molecule has 0 atom stereocenters. The fourth-order valence-corrected chi connectivity index (χ4v) is 3.54. The normalized spacial score (nSPS) is 10.4. The third-order valence-corrected chi connectivity index (χ3v) is 5.02. The zero-order chi connectivity index (χ0) is 22.1. The van der Waals surface area contributed by atoms with Crippen LogP contribution in [0.4, 0.5) is 11.4 Å². The number of aryl methyl sites for hydroxylation is 1. The minimum atomic E-state index is -0.235. The zero-order valence-electron chi connectivity index (χ0n) is 17.6. The van der Waals surface area contributed by atoms with E-state index >= 15 is 0 Å². The van der Waals surface area contributed by atoms with Crippen molar-refractivity contribution >= 4 is 33.2 Å². The zero-order valence-corrected chi connectivity index (χ0v) is 19.2. The molecule has 0 heterocycles. The Bertz CT molecular complexity index is 1010. The lowest BCUT2D eigenvalue weighted by molar-refractivity contribution is -0.118. The molecule has 0 aliphatic rings. The van der Waals surface area contributed by atoms with Crippen molar-refractivity contribution in [3.8, 4) is 11.5 Å². The molecule has 0 aliphatic carbocycles. The van der Waals surface area contributed by atoms with Crippen molar-refractivity contribution in [2.45, 2.75) is 20.4 Å². The van der Waals surface area contributed by atoms with Gasteiger partial charge in [0.15, 0.2) is 18.1 Å². The van der Waals surface area contributed by atoms with Crippen LogP contribution < -0.4 is 25.6 Å². The highest BCUT2D eigenvalue weighted by Crippen LogP contribution is 2.37. The number of halogens is 1. The van der Waals surface area contributed by atoms with Gasteiger partial charge in [-0.3, -0.25) is 4.79 Å². The van der Waals surface area contributed by atoms with Crippen LogP contribution in [0, 0.1) is 6.92 Å². The molecule has 6 nitrogen and oxygen atoms in total. The Labute approximate surface area is 191 Å². The quantitative estimate of drug-likeness (QED) is 0.341. The molecule has 0 saturated carbocycles. The molecular formula is C24H26BrN3O3. The number of nitrogens with one attached hydrogen (secondary N) is 3. The third kappa shape index (κ3) is 6.73. The van der Waals surface area contributed by atoms with Crippen LogP contribution in [-0.4, -0.2) is 19.1 Å². The summed E-state index contributed by atoms with van der Waals surface area (Å²) in [5.74, 6) is 0.847. The molecule has 7 heteroatoms. The second kappa shape index (κ2) is 11.4. The molecule has 1 amide bonds. The number of anilines is 2. The van der Waals surface area contributed by atoms with Crippen LogP contribution in [-0.2, 0) is 11.3 Å². The van der Waals surface area contributed by atoms with Gasteiger partial charge in [0, 0.05) is 17.9 Å². The first-order chi connectivity index (χ1) is 15.1. The number of hydrogen-bond acceptors (Lipinski definition) is 5. The summed E-state index contributed by atoms with van der Waals surface area (Å²) in [5.41, 5.74) is 10.1. The van der Waals surface area contributed by atoms with Gasteiger partial charge in [0.1, 0.15) is 0 Å². The van der Waals surface area contributed by atoms with E-state index in [0.717, 1.165) is 27.0 Å². The molecule has 3 N–H and O–H groups in total. The van der Waals surface area contributed by atoms with Crippen LogP contribution in [0.3, 0.4) is 0 Å². The summed E-state index contributed by atoms with van der Waals surface area (Å²) in [4.78, 5) is 12.4. The van der Waals surface area contributed by atoms with E-state index in [1.807, 2.05) is 80.6 Å². The van der Waals surface area contributed by atoms with Gasteiger partial charge >= 0.3 is 0 Å². The van der Waals surface area contributed by atoms with Gasteiger partial charge in [-0.25, -0.2) is 5.43 Å². The molecule has 0 aliphatic heterocycles. The predicted molar refractivity (Wildman–Crippen MR) is 128 cm³/mol. The van der Waals surface area contributed by atoms with Crippen LogP contribution in [0.5, 0.6) is 11.5 Å². The van der Waals surface area contributed by atoms with Gasteiger partial charge in [-0.2, -0.15) is 0 Å². The van der Waals surface area contributed by atoms with Gasteiger partial charge in [0.25, 0.3) is 5.91 Å². The Morgan fingerprint density at radius 1 is 1.00 bits per heavy atom. The lowest BCUT2D eigenvalue weighted by Gasteiger charge is -2.16. The Balaban J connectivity index is 1.62. The Kier molecular flexibility index (Phi) is 8.32. The molecule has 0 fully saturated rings. The monoisotopic (exact) mass is 483 g/mol. The van der Waals surface area contributed by atoms with Gasteiger partial charge in [-0.1, -0.05) is 36.4 Å². The molecule has 3 rings (SSSR count). The molecule has 0 bridgehead atoms. The molecule has 0 saturated heterocycles. The van der Waals surface area contributed by atoms with Crippen molar-refractivity contribution in [2.24, 2.45) is 0 Å². The first-order valence-electron chi connectivity index (χ1n) is 10.0. The van der Waals surface area contributed by atoms with Gasteiger partial charge in [-0.15, -0.1) is 0 Å². The van der Waals surface area contributed by atoms with Gasteiger partial charge in [0.05, 0.1) is 11.1 Å². The van der Waals surface area contributed by atoms with Gasteiger partial charge in [-0.05, 0) is 71.2 Å². The summed E-state index contributed by atoms with van der Waals surface area (Å²) in [7, 11) is 0. The summed E-state index contributed by atoms with van der Waals surface area (Å²) >= 11 is 3.55. The second-order valence-electron chi connectivity index (χ2n) is 6.83. The number of carbonyl (C=O) groups excluding carboxylic acids is 1. The molecule has 31 heavy (non-hydrogen) atoms. The van der Waals surface area contributed by atoms with Crippen molar-refractivity contribution in [1.82, 2.24) is 5.43 Å². The molecule has 162 valence electrons. The van der Waals surface area contributed by atoms with Crippen LogP contribution in [0.15, 0.2) is 71.2 Å². The number of hydrazine groups is 1. The SMILES string of the molecule is CCOc1cc(CNNc2ccccc2)cc(Br)c1OCC(=O)Nc1ccccc1C. The van der Waals surface area contributed by atoms with E-state index in [2.05, 4.69) is 32.1 Å². The number of benzene rings is 3. The molecule has 0 aromatic heterocycles. The average molecular weight is 484 g/mol. The molecule has 3 aromatic rings. The standard InChI is InChI=1S/C24H26BrN3O3/c1-3-30-22-14-18(15-26-28-19-10-5-4-6-11-19)13-20(25)24(22)31-16-23(29)27-21-12-8-7-9-17(21)2/h4-14,26,28H,3,15-16H2,1-2H3,(H,27,29). The summed E-state index contributed by atoms with van der Waals surface area (Å²) in [6, 6.07) is 21.3. The van der Waals surface area contributed by atoms with E-state index < -0.39 is 0 Å². The largest absolute Gasteiger partial charge is 0.490 e. The van der Waals surface area contributed by atoms with Crippen molar-refractivity contribution < 1.29 is 14.3 Å². The highest BCUT2D eigenvalue weighted by atomic mass is 79.9. The maximum absolute atomic E-state index is 12.4. The average Bonchev–Trinajstić information content (AvgIpc) is 2.76. The van der Waals surface area contributed by atoms with Crippen molar-refractivity contribution in [1.29, 1.82) is 0 Å². The fourth-order valence-electron chi connectivity index (χ4n) is 2.93. The summed E-state index contributed by atoms with van der Waals surface area (Å²) in [6.45, 7) is 4.78. The Morgan fingerprint density at radius 2 is 1.74 bits per heavy atom. The van der Waals surface area contributed by atoms with E-state index in [-0.39, 0.29) is 12.5 Å². The fraction of sp³-hybridized carbons (Fsp3) is 0.208. The maximum atomic E-state index is 12.4. The lowest BCUT2D eigenvalue weighted by atomic mass is 10.2. The molecule has 3 aromatic carbocycles. The molecule has 0 radical (unpaired) electrons. The number of rotatable bonds is 10. The topological polar surface area (TPSA) is 71.6 Å².